The van der Waals surface area contributed by atoms with Crippen molar-refractivity contribution in [3.63, 3.8) is 0 Å². The van der Waals surface area contributed by atoms with Crippen molar-refractivity contribution < 1.29 is 40.3 Å². The molecule has 216 valence electrons. The summed E-state index contributed by atoms with van der Waals surface area (Å²) in [7, 11) is 1.91. The van der Waals surface area contributed by atoms with Gasteiger partial charge in [0.2, 0.25) is 0 Å². The van der Waals surface area contributed by atoms with E-state index in [0.717, 1.165) is 19.2 Å². The number of alkyl halides is 5. The maximum atomic E-state index is 15.2. The molecule has 1 amide bonds. The zero-order chi connectivity index (χ0) is 28.9. The first-order chi connectivity index (χ1) is 18.1. The van der Waals surface area contributed by atoms with Gasteiger partial charge in [-0.1, -0.05) is 13.0 Å². The van der Waals surface area contributed by atoms with E-state index in [0.29, 0.717) is 30.9 Å². The molecule has 4 atom stereocenters. The van der Waals surface area contributed by atoms with E-state index in [1.54, 1.807) is 0 Å². The Hall–Kier alpha value is -2.71. The molecule has 3 heterocycles. The topological polar surface area (TPSA) is 62.6 Å². The summed E-state index contributed by atoms with van der Waals surface area (Å²) in [6, 6.07) is 2.01. The Kier molecular flexibility index (Phi) is 8.03. The zero-order valence-electron chi connectivity index (χ0n) is 21.8. The van der Waals surface area contributed by atoms with Gasteiger partial charge in [-0.3, -0.25) is 9.69 Å². The number of amides is 1. The Balaban J connectivity index is 1.75. The number of aryl methyl sites for hydroxylation is 1. The van der Waals surface area contributed by atoms with Crippen LogP contribution in [-0.4, -0.2) is 76.6 Å². The number of carbonyl (C=O) groups is 1. The number of nitrogens with one attached hydrogen (secondary N) is 1. The van der Waals surface area contributed by atoms with Crippen LogP contribution in [0.1, 0.15) is 43.1 Å². The summed E-state index contributed by atoms with van der Waals surface area (Å²) in [6.45, 7) is 2.69. The average Bonchev–Trinajstić information content (AvgIpc) is 3.36. The zero-order valence-corrected chi connectivity index (χ0v) is 21.8. The van der Waals surface area contributed by atoms with Crippen molar-refractivity contribution in [2.45, 2.75) is 57.7 Å². The standard InChI is InChI=1S/C25H30F7N5O2/c1-13-19(15-5-6-17(26)20(27)16(15)11-36-9-7-35(4)8-10-36)21(39-24(13,3)25(30,31)32)22(38)33-18-12-37(23(28)29)34-14(18)2/h5-6,12-13,19,21,23H,7-11H2,1-4H3,(H,33,38)/t13-,19-,21+,24+/m0/s1. The van der Waals surface area contributed by atoms with Gasteiger partial charge in [0.05, 0.1) is 17.6 Å². The van der Waals surface area contributed by atoms with Crippen LogP contribution in [0.15, 0.2) is 18.3 Å². The van der Waals surface area contributed by atoms with E-state index in [2.05, 4.69) is 15.3 Å². The number of rotatable bonds is 6. The fourth-order valence-corrected chi connectivity index (χ4v) is 5.24. The molecule has 0 bridgehead atoms. The van der Waals surface area contributed by atoms with Gasteiger partial charge in [-0.2, -0.15) is 27.1 Å². The molecule has 14 heteroatoms. The van der Waals surface area contributed by atoms with Crippen LogP contribution in [-0.2, 0) is 16.1 Å². The highest BCUT2D eigenvalue weighted by atomic mass is 19.4. The molecular weight excluding hydrogens is 535 g/mol. The number of piperazine rings is 1. The molecule has 2 saturated heterocycles. The number of hydrogen-bond donors (Lipinski definition) is 1. The first kappa shape index (κ1) is 29.3. The van der Waals surface area contributed by atoms with E-state index < -0.39 is 53.8 Å². The summed E-state index contributed by atoms with van der Waals surface area (Å²) in [5, 5.41) is 5.92. The highest BCUT2D eigenvalue weighted by molar-refractivity contribution is 5.95. The fraction of sp³-hybridized carbons (Fsp3) is 0.600. The highest BCUT2D eigenvalue weighted by Crippen LogP contribution is 2.54. The number of halogens is 7. The highest BCUT2D eigenvalue weighted by Gasteiger charge is 2.65. The van der Waals surface area contributed by atoms with Gasteiger partial charge in [-0.25, -0.2) is 13.5 Å². The molecule has 2 aromatic rings. The minimum absolute atomic E-state index is 0.00779. The largest absolute Gasteiger partial charge is 0.417 e. The Bertz CT molecular complexity index is 1210. The molecular formula is C25H30F7N5O2. The van der Waals surface area contributed by atoms with E-state index in [1.807, 2.05) is 11.9 Å². The molecule has 2 fully saturated rings. The third-order valence-corrected chi connectivity index (χ3v) is 7.87. The summed E-state index contributed by atoms with van der Waals surface area (Å²) in [6.07, 6.45) is -5.85. The first-order valence-corrected chi connectivity index (χ1v) is 12.4. The number of anilines is 1. The lowest BCUT2D eigenvalue weighted by Crippen LogP contribution is -2.47. The van der Waals surface area contributed by atoms with Crippen molar-refractivity contribution in [2.24, 2.45) is 5.92 Å². The Morgan fingerprint density at radius 2 is 1.85 bits per heavy atom. The smallest absolute Gasteiger partial charge is 0.352 e. The van der Waals surface area contributed by atoms with E-state index in [9.17, 15) is 31.1 Å². The number of likely N-dealkylation sites (N-methyl/N-ethyl adjacent to an activating group) is 1. The van der Waals surface area contributed by atoms with Gasteiger partial charge in [-0.15, -0.1) is 0 Å². The first-order valence-electron chi connectivity index (χ1n) is 12.4. The normalized spacial score (nSPS) is 26.9. The van der Waals surface area contributed by atoms with Gasteiger partial charge in [0.15, 0.2) is 17.2 Å². The second kappa shape index (κ2) is 10.7. The molecule has 4 rings (SSSR count). The van der Waals surface area contributed by atoms with Gasteiger partial charge in [-0.05, 0) is 32.5 Å². The second-order valence-corrected chi connectivity index (χ2v) is 10.3. The molecule has 2 aliphatic heterocycles. The predicted octanol–water partition coefficient (Wildman–Crippen LogP) is 4.69. The molecule has 7 nitrogen and oxygen atoms in total. The summed E-state index contributed by atoms with van der Waals surface area (Å²) >= 11 is 0. The molecule has 0 saturated carbocycles. The van der Waals surface area contributed by atoms with Crippen molar-refractivity contribution in [2.75, 3.05) is 38.5 Å². The SMILES string of the molecule is Cc1nn(C(F)F)cc1NC(=O)[C@@H]1O[C@@](C)(C(F)(F)F)[C@@H](C)[C@H]1c1ccc(F)c(F)c1CN1CCN(C)CC1. The van der Waals surface area contributed by atoms with Crippen molar-refractivity contribution in [1.82, 2.24) is 19.6 Å². The van der Waals surface area contributed by atoms with Crippen LogP contribution in [0.3, 0.4) is 0 Å². The molecule has 0 aliphatic carbocycles. The van der Waals surface area contributed by atoms with Crippen LogP contribution in [0, 0.1) is 24.5 Å². The lowest BCUT2D eigenvalue weighted by atomic mass is 9.75. The maximum absolute atomic E-state index is 15.2. The second-order valence-electron chi connectivity index (χ2n) is 10.3. The minimum atomic E-state index is -4.91. The van der Waals surface area contributed by atoms with Crippen LogP contribution in [0.25, 0.3) is 0 Å². The Morgan fingerprint density at radius 1 is 1.21 bits per heavy atom. The molecule has 39 heavy (non-hydrogen) atoms. The Morgan fingerprint density at radius 3 is 2.41 bits per heavy atom. The summed E-state index contributed by atoms with van der Waals surface area (Å²) in [5.74, 6) is -6.14. The number of nitrogens with zero attached hydrogens (tertiary/aromatic N) is 4. The third-order valence-electron chi connectivity index (χ3n) is 7.87. The fourth-order valence-electron chi connectivity index (χ4n) is 5.24. The Labute approximate surface area is 220 Å². The van der Waals surface area contributed by atoms with Gasteiger partial charge in [0, 0.05) is 50.1 Å². The minimum Gasteiger partial charge on any atom is -0.352 e. The quantitative estimate of drug-likeness (QED) is 0.516. The van der Waals surface area contributed by atoms with Crippen LogP contribution < -0.4 is 5.32 Å². The van der Waals surface area contributed by atoms with Crippen molar-refractivity contribution in [1.29, 1.82) is 0 Å². The molecule has 1 N–H and O–H groups in total. The number of aromatic nitrogens is 2. The van der Waals surface area contributed by atoms with E-state index in [4.69, 9.17) is 4.74 Å². The van der Waals surface area contributed by atoms with E-state index >= 15 is 4.39 Å². The monoisotopic (exact) mass is 565 g/mol. The van der Waals surface area contributed by atoms with Gasteiger partial charge in [0.1, 0.15) is 6.10 Å². The molecule has 0 unspecified atom stereocenters. The predicted molar refractivity (Wildman–Crippen MR) is 127 cm³/mol. The molecule has 1 aromatic carbocycles. The lowest BCUT2D eigenvalue weighted by molar-refractivity contribution is -0.272. The van der Waals surface area contributed by atoms with Gasteiger partial charge in [0.25, 0.3) is 5.91 Å². The van der Waals surface area contributed by atoms with Crippen LogP contribution in [0.5, 0.6) is 0 Å². The molecule has 2 aliphatic rings. The summed E-state index contributed by atoms with van der Waals surface area (Å²) in [5.41, 5.74) is -3.07. The van der Waals surface area contributed by atoms with Crippen molar-refractivity contribution in [3.05, 3.63) is 46.8 Å². The van der Waals surface area contributed by atoms with Crippen LogP contribution in [0.4, 0.5) is 36.4 Å². The van der Waals surface area contributed by atoms with Crippen molar-refractivity contribution in [3.8, 4) is 0 Å². The lowest BCUT2D eigenvalue weighted by Gasteiger charge is -2.34. The molecule has 0 radical (unpaired) electrons. The van der Waals surface area contributed by atoms with E-state index in [-0.39, 0.29) is 29.1 Å². The summed E-state index contributed by atoms with van der Waals surface area (Å²) < 4.78 is 104. The number of ether oxygens (including phenoxy) is 1. The van der Waals surface area contributed by atoms with Crippen LogP contribution >= 0.6 is 0 Å². The van der Waals surface area contributed by atoms with E-state index in [1.165, 1.54) is 19.9 Å². The number of hydrogen-bond acceptors (Lipinski definition) is 5. The van der Waals surface area contributed by atoms with Gasteiger partial charge >= 0.3 is 12.7 Å². The summed E-state index contributed by atoms with van der Waals surface area (Å²) in [4.78, 5) is 17.3. The third kappa shape index (κ3) is 5.50. The molecule has 0 spiro atoms. The molecule has 1 aromatic heterocycles. The number of benzene rings is 1. The average molecular weight is 566 g/mol. The van der Waals surface area contributed by atoms with Crippen molar-refractivity contribution >= 4 is 11.6 Å². The van der Waals surface area contributed by atoms with Gasteiger partial charge < -0.3 is 15.0 Å². The van der Waals surface area contributed by atoms with Crippen LogP contribution in [0.2, 0.25) is 0 Å². The maximum Gasteiger partial charge on any atom is 0.417 e. The number of carbonyl (C=O) groups excluding carboxylic acids is 1.